The van der Waals surface area contributed by atoms with Gasteiger partial charge in [0.1, 0.15) is 10.6 Å². The molecule has 0 aliphatic heterocycles. The monoisotopic (exact) mass is 333 g/mol. The molecular formula is C12H12ClNO6S. The van der Waals surface area contributed by atoms with Crippen LogP contribution in [-0.2, 0) is 28.1 Å². The molecule has 0 aliphatic carbocycles. The molecule has 0 spiro atoms. The second-order valence-corrected chi connectivity index (χ2v) is 6.17. The summed E-state index contributed by atoms with van der Waals surface area (Å²) in [6.07, 6.45) is 0.837. The van der Waals surface area contributed by atoms with Gasteiger partial charge in [0.05, 0.1) is 26.0 Å². The lowest BCUT2D eigenvalue weighted by Crippen LogP contribution is -2.16. The average molecular weight is 334 g/mol. The zero-order valence-electron chi connectivity index (χ0n) is 11.1. The maximum absolute atomic E-state index is 11.6. The van der Waals surface area contributed by atoms with Gasteiger partial charge >= 0.3 is 11.9 Å². The molecule has 0 unspecified atom stereocenters. The van der Waals surface area contributed by atoms with Crippen LogP contribution in [0.15, 0.2) is 40.9 Å². The summed E-state index contributed by atoms with van der Waals surface area (Å²) in [6.45, 7) is 0. The van der Waals surface area contributed by atoms with E-state index in [1.54, 1.807) is 0 Å². The van der Waals surface area contributed by atoms with E-state index in [0.717, 1.165) is 20.3 Å². The summed E-state index contributed by atoms with van der Waals surface area (Å²) in [4.78, 5) is 22.6. The largest absolute Gasteiger partial charge is 0.466 e. The number of anilines is 1. The minimum atomic E-state index is -4.03. The summed E-state index contributed by atoms with van der Waals surface area (Å²) in [5.41, 5.74) is -0.273. The van der Waals surface area contributed by atoms with E-state index >= 15 is 0 Å². The molecule has 0 saturated carbocycles. The quantitative estimate of drug-likeness (QED) is 0.492. The Hall–Kier alpha value is -2.06. The van der Waals surface area contributed by atoms with Crippen LogP contribution in [0, 0.1) is 0 Å². The number of esters is 2. The zero-order valence-corrected chi connectivity index (χ0v) is 12.7. The fourth-order valence-electron chi connectivity index (χ4n) is 1.36. The van der Waals surface area contributed by atoms with Gasteiger partial charge in [-0.25, -0.2) is 18.0 Å². The summed E-state index contributed by atoms with van der Waals surface area (Å²) < 4.78 is 31.8. The Balaban J connectivity index is 3.26. The molecule has 0 fully saturated rings. The molecular weight excluding hydrogens is 322 g/mol. The van der Waals surface area contributed by atoms with E-state index in [0.29, 0.717) is 0 Å². The average Bonchev–Trinajstić information content (AvgIpc) is 2.44. The molecule has 0 bridgehead atoms. The fourth-order valence-corrected chi connectivity index (χ4v) is 2.39. The molecule has 21 heavy (non-hydrogen) atoms. The van der Waals surface area contributed by atoms with Crippen LogP contribution in [0.1, 0.15) is 0 Å². The molecule has 1 aromatic rings. The molecule has 0 aromatic heterocycles. The molecule has 114 valence electrons. The van der Waals surface area contributed by atoms with Crippen molar-refractivity contribution in [3.63, 3.8) is 0 Å². The number of carbonyl (C=O) groups is 2. The number of halogens is 1. The predicted octanol–water partition coefficient (Wildman–Crippen LogP) is 1.26. The number of hydrogen-bond acceptors (Lipinski definition) is 7. The molecule has 0 heterocycles. The highest BCUT2D eigenvalue weighted by atomic mass is 35.7. The molecule has 0 amide bonds. The van der Waals surface area contributed by atoms with Gasteiger partial charge in [-0.15, -0.1) is 0 Å². The third-order valence-electron chi connectivity index (χ3n) is 2.29. The first kappa shape index (κ1) is 17.0. The van der Waals surface area contributed by atoms with Gasteiger partial charge < -0.3 is 14.8 Å². The Morgan fingerprint density at radius 2 is 1.81 bits per heavy atom. The van der Waals surface area contributed by atoms with Gasteiger partial charge in [0.25, 0.3) is 9.05 Å². The maximum atomic E-state index is 11.6. The summed E-state index contributed by atoms with van der Waals surface area (Å²) in [5.74, 6) is -1.68. The van der Waals surface area contributed by atoms with Crippen molar-refractivity contribution in [2.75, 3.05) is 19.5 Å². The standard InChI is InChI=1S/C12H12ClNO6S/c1-19-11(15)7-9(12(16)20-2)14-8-5-3-4-6-10(8)21(13,17)18/h3-7,14H,1-2H3/b9-7+. The topological polar surface area (TPSA) is 98.8 Å². The molecule has 1 aromatic carbocycles. The van der Waals surface area contributed by atoms with Crippen LogP contribution in [0.5, 0.6) is 0 Å². The van der Waals surface area contributed by atoms with Crippen LogP contribution in [-0.4, -0.2) is 34.6 Å². The van der Waals surface area contributed by atoms with Crippen molar-refractivity contribution in [3.05, 3.63) is 36.0 Å². The first-order valence-electron chi connectivity index (χ1n) is 5.48. The minimum Gasteiger partial charge on any atom is -0.466 e. The number of rotatable bonds is 5. The maximum Gasteiger partial charge on any atom is 0.354 e. The van der Waals surface area contributed by atoms with Crippen molar-refractivity contribution in [1.29, 1.82) is 0 Å². The summed E-state index contributed by atoms with van der Waals surface area (Å²) >= 11 is 0. The number of hydrogen-bond donors (Lipinski definition) is 1. The van der Waals surface area contributed by atoms with Gasteiger partial charge in [0.2, 0.25) is 0 Å². The third-order valence-corrected chi connectivity index (χ3v) is 3.67. The first-order chi connectivity index (χ1) is 9.79. The predicted molar refractivity (Wildman–Crippen MR) is 75.2 cm³/mol. The van der Waals surface area contributed by atoms with E-state index < -0.39 is 21.0 Å². The number of para-hydroxylation sites is 1. The highest BCUT2D eigenvalue weighted by Gasteiger charge is 2.19. The summed E-state index contributed by atoms with van der Waals surface area (Å²) in [7, 11) is 3.51. The zero-order chi connectivity index (χ0) is 16.0. The summed E-state index contributed by atoms with van der Waals surface area (Å²) in [6, 6.07) is 5.62. The lowest BCUT2D eigenvalue weighted by Gasteiger charge is -2.11. The number of carbonyl (C=O) groups excluding carboxylic acids is 2. The van der Waals surface area contributed by atoms with Crippen LogP contribution in [0.25, 0.3) is 0 Å². The first-order valence-corrected chi connectivity index (χ1v) is 7.79. The number of nitrogens with one attached hydrogen (secondary N) is 1. The Bertz CT molecular complexity index is 683. The highest BCUT2D eigenvalue weighted by Crippen LogP contribution is 2.25. The molecule has 1 rings (SSSR count). The molecule has 7 nitrogen and oxygen atoms in total. The third kappa shape index (κ3) is 4.76. The van der Waals surface area contributed by atoms with E-state index in [-0.39, 0.29) is 16.3 Å². The van der Waals surface area contributed by atoms with Crippen molar-refractivity contribution in [2.24, 2.45) is 0 Å². The normalized spacial score (nSPS) is 11.7. The lowest BCUT2D eigenvalue weighted by molar-refractivity contribution is -0.138. The van der Waals surface area contributed by atoms with E-state index in [2.05, 4.69) is 14.8 Å². The second kappa shape index (κ2) is 7.09. The van der Waals surface area contributed by atoms with Crippen LogP contribution in [0.4, 0.5) is 5.69 Å². The van der Waals surface area contributed by atoms with Gasteiger partial charge in [-0.1, -0.05) is 12.1 Å². The Kier molecular flexibility index (Phi) is 5.74. The SMILES string of the molecule is COC(=O)/C=C(/Nc1ccccc1S(=O)(=O)Cl)C(=O)OC. The second-order valence-electron chi connectivity index (χ2n) is 3.63. The lowest BCUT2D eigenvalue weighted by atomic mass is 10.3. The van der Waals surface area contributed by atoms with Gasteiger partial charge in [-0.05, 0) is 12.1 Å². The van der Waals surface area contributed by atoms with Crippen LogP contribution in [0.3, 0.4) is 0 Å². The number of benzene rings is 1. The molecule has 0 atom stereocenters. The Morgan fingerprint density at radius 3 is 2.33 bits per heavy atom. The van der Waals surface area contributed by atoms with E-state index in [1.807, 2.05) is 0 Å². The molecule has 1 N–H and O–H groups in total. The van der Waals surface area contributed by atoms with Crippen molar-refractivity contribution < 1.29 is 27.5 Å². The molecule has 0 aliphatic rings. The number of ether oxygens (including phenoxy) is 2. The van der Waals surface area contributed by atoms with Gasteiger partial charge in [0.15, 0.2) is 0 Å². The van der Waals surface area contributed by atoms with Crippen LogP contribution < -0.4 is 5.32 Å². The highest BCUT2D eigenvalue weighted by molar-refractivity contribution is 8.13. The van der Waals surface area contributed by atoms with Crippen molar-refractivity contribution in [3.8, 4) is 0 Å². The minimum absolute atomic E-state index is 0.0213. The van der Waals surface area contributed by atoms with Crippen molar-refractivity contribution in [1.82, 2.24) is 0 Å². The molecule has 0 radical (unpaired) electrons. The van der Waals surface area contributed by atoms with Gasteiger partial charge in [-0.3, -0.25) is 0 Å². The fraction of sp³-hybridized carbons (Fsp3) is 0.167. The Labute approximate surface area is 125 Å². The van der Waals surface area contributed by atoms with Crippen LogP contribution in [0.2, 0.25) is 0 Å². The molecule has 9 heteroatoms. The van der Waals surface area contributed by atoms with Gasteiger partial charge in [0, 0.05) is 10.7 Å². The van der Waals surface area contributed by atoms with E-state index in [1.165, 1.54) is 24.3 Å². The van der Waals surface area contributed by atoms with Crippen molar-refractivity contribution in [2.45, 2.75) is 4.90 Å². The van der Waals surface area contributed by atoms with Crippen molar-refractivity contribution >= 4 is 37.4 Å². The summed E-state index contributed by atoms with van der Waals surface area (Å²) in [5, 5.41) is 2.49. The van der Waals surface area contributed by atoms with E-state index in [4.69, 9.17) is 10.7 Å². The smallest absolute Gasteiger partial charge is 0.354 e. The van der Waals surface area contributed by atoms with Crippen LogP contribution >= 0.6 is 10.7 Å². The molecule has 0 saturated heterocycles. The Morgan fingerprint density at radius 1 is 1.19 bits per heavy atom. The number of methoxy groups -OCH3 is 2. The van der Waals surface area contributed by atoms with E-state index in [9.17, 15) is 18.0 Å². The van der Waals surface area contributed by atoms with Gasteiger partial charge in [-0.2, -0.15) is 0 Å².